The van der Waals surface area contributed by atoms with Crippen LogP contribution in [0, 0.1) is 46.3 Å². The number of rotatable bonds is 7. The minimum Gasteiger partial charge on any atom is -0.465 e. The van der Waals surface area contributed by atoms with Crippen LogP contribution in [0.1, 0.15) is 92.4 Å². The van der Waals surface area contributed by atoms with E-state index in [4.69, 9.17) is 4.74 Å². The second-order valence-corrected chi connectivity index (χ2v) is 12.9. The Hall–Kier alpha value is -0.910. The van der Waals surface area contributed by atoms with Gasteiger partial charge in [0.15, 0.2) is 0 Å². The number of fused-ring (bicyclic) bond motifs is 5. The fourth-order valence-corrected chi connectivity index (χ4v) is 9.06. The van der Waals surface area contributed by atoms with E-state index in [9.17, 15) is 20.1 Å². The quantitative estimate of drug-likeness (QED) is 0.360. The third kappa shape index (κ3) is 4.39. The van der Waals surface area contributed by atoms with Gasteiger partial charge in [0, 0.05) is 24.2 Å². The molecule has 4 aliphatic rings. The predicted octanol–water partition coefficient (Wildman–Crippen LogP) is 4.87. The number of esters is 1. The Labute approximate surface area is 206 Å². The molecule has 5 nitrogen and oxygen atoms in total. The van der Waals surface area contributed by atoms with Crippen molar-refractivity contribution in [3.05, 3.63) is 11.6 Å². The first kappa shape index (κ1) is 26.2. The number of aliphatic hydroxyl groups is 3. The molecule has 0 spiro atoms. The molecule has 3 fully saturated rings. The highest BCUT2D eigenvalue weighted by Crippen LogP contribution is 2.67. The van der Waals surface area contributed by atoms with Crippen molar-refractivity contribution in [3.63, 3.8) is 0 Å². The summed E-state index contributed by atoms with van der Waals surface area (Å²) in [6.45, 7) is 10.9. The van der Waals surface area contributed by atoms with Gasteiger partial charge in [-0.25, -0.2) is 0 Å². The van der Waals surface area contributed by atoms with Crippen LogP contribution in [-0.4, -0.2) is 46.2 Å². The summed E-state index contributed by atoms with van der Waals surface area (Å²) in [7, 11) is 0. The molecule has 3 N–H and O–H groups in total. The summed E-state index contributed by atoms with van der Waals surface area (Å²) in [5.41, 5.74) is 0.448. The predicted molar refractivity (Wildman–Crippen MR) is 133 cm³/mol. The van der Waals surface area contributed by atoms with Crippen LogP contribution in [0.5, 0.6) is 0 Å². The maximum atomic E-state index is 11.9. The van der Waals surface area contributed by atoms with E-state index in [1.54, 1.807) is 0 Å². The van der Waals surface area contributed by atoms with Gasteiger partial charge in [-0.05, 0) is 67.6 Å². The molecule has 3 saturated carbocycles. The Morgan fingerprint density at radius 2 is 1.91 bits per heavy atom. The van der Waals surface area contributed by atoms with E-state index in [0.29, 0.717) is 49.5 Å². The molecular weight excluding hydrogens is 428 g/mol. The van der Waals surface area contributed by atoms with Crippen molar-refractivity contribution in [2.24, 2.45) is 46.3 Å². The molecule has 0 saturated heterocycles. The lowest BCUT2D eigenvalue weighted by Gasteiger charge is -2.61. The lowest BCUT2D eigenvalue weighted by atomic mass is 9.45. The third-order valence-electron chi connectivity index (χ3n) is 10.6. The summed E-state index contributed by atoms with van der Waals surface area (Å²) in [6, 6.07) is 0. The van der Waals surface area contributed by atoms with E-state index in [2.05, 4.69) is 33.8 Å². The maximum Gasteiger partial charge on any atom is 0.302 e. The van der Waals surface area contributed by atoms with Gasteiger partial charge in [0.2, 0.25) is 0 Å². The van der Waals surface area contributed by atoms with Gasteiger partial charge in [0.25, 0.3) is 0 Å². The number of carbonyl (C=O) groups is 1. The summed E-state index contributed by atoms with van der Waals surface area (Å²) >= 11 is 0. The minimum atomic E-state index is -0.641. The van der Waals surface area contributed by atoms with E-state index in [1.807, 2.05) is 0 Å². The zero-order valence-electron chi connectivity index (χ0n) is 22.0. The molecule has 5 heteroatoms. The number of aliphatic hydroxyl groups excluding tert-OH is 3. The monoisotopic (exact) mass is 476 g/mol. The van der Waals surface area contributed by atoms with Gasteiger partial charge in [-0.3, -0.25) is 4.79 Å². The van der Waals surface area contributed by atoms with Crippen LogP contribution in [0.4, 0.5) is 0 Å². The van der Waals surface area contributed by atoms with Crippen LogP contribution < -0.4 is 0 Å². The zero-order valence-corrected chi connectivity index (χ0v) is 22.0. The van der Waals surface area contributed by atoms with E-state index in [-0.39, 0.29) is 23.2 Å². The minimum absolute atomic E-state index is 0.0135. The Morgan fingerprint density at radius 1 is 1.18 bits per heavy atom. The number of allylic oxidation sites excluding steroid dienone is 1. The molecule has 194 valence electrons. The van der Waals surface area contributed by atoms with Gasteiger partial charge in [-0.15, -0.1) is 0 Å². The summed E-state index contributed by atoms with van der Waals surface area (Å²) < 4.78 is 5.76. The van der Waals surface area contributed by atoms with Gasteiger partial charge in [0.1, 0.15) is 0 Å². The Morgan fingerprint density at radius 3 is 2.59 bits per heavy atom. The Kier molecular flexibility index (Phi) is 7.59. The molecule has 5 unspecified atom stereocenters. The van der Waals surface area contributed by atoms with Gasteiger partial charge in [-0.2, -0.15) is 0 Å². The van der Waals surface area contributed by atoms with Crippen LogP contribution in [-0.2, 0) is 9.53 Å². The molecule has 0 aromatic heterocycles. The second kappa shape index (κ2) is 9.86. The van der Waals surface area contributed by atoms with Gasteiger partial charge in [0.05, 0.1) is 24.9 Å². The first-order valence-electron chi connectivity index (χ1n) is 13.9. The van der Waals surface area contributed by atoms with E-state index in [1.165, 1.54) is 26.2 Å². The molecule has 0 aromatic rings. The smallest absolute Gasteiger partial charge is 0.302 e. The fourth-order valence-electron chi connectivity index (χ4n) is 9.06. The summed E-state index contributed by atoms with van der Waals surface area (Å²) in [6.07, 6.45) is 8.94. The van der Waals surface area contributed by atoms with Crippen LogP contribution in [0.2, 0.25) is 0 Å². The maximum absolute atomic E-state index is 11.9. The third-order valence-corrected chi connectivity index (χ3v) is 10.6. The molecular formula is C29H48O5. The van der Waals surface area contributed by atoms with Crippen molar-refractivity contribution < 1.29 is 24.9 Å². The Balaban J connectivity index is 1.65. The average Bonchev–Trinajstić information content (AvgIpc) is 3.12. The standard InChI is InChI=1S/C29H48O5/c1-17(2)7-6-8-18(3)23-11-12-24-22-10-9-20-13-21(31)14-26(33)28(20,5)27(22)25(32)15-29(23,24)16-34-19(4)30/h9,17-18,21-27,31-33H,6-8,10-16H2,1-5H3/t18?,21-,22?,23?,24?,25-,26+,27?,28-,29+/m1/s1. The highest BCUT2D eigenvalue weighted by Gasteiger charge is 2.65. The highest BCUT2D eigenvalue weighted by molar-refractivity contribution is 5.66. The van der Waals surface area contributed by atoms with Crippen molar-refractivity contribution in [2.75, 3.05) is 6.61 Å². The number of ether oxygens (including phenoxy) is 1. The van der Waals surface area contributed by atoms with Gasteiger partial charge >= 0.3 is 5.97 Å². The van der Waals surface area contributed by atoms with Crippen molar-refractivity contribution in [1.29, 1.82) is 0 Å². The van der Waals surface area contributed by atoms with Crippen molar-refractivity contribution in [2.45, 2.75) is 111 Å². The SMILES string of the molecule is CC(=O)OC[C@]12C[C@@H](O)C3C(CC=C4C[C@@H](O)C[C@H](O)[C@@]43C)C1CCC2C(C)CCCC(C)C. The zero-order chi connectivity index (χ0) is 24.8. The molecule has 34 heavy (non-hydrogen) atoms. The van der Waals surface area contributed by atoms with Crippen LogP contribution in [0.3, 0.4) is 0 Å². The highest BCUT2D eigenvalue weighted by atomic mass is 16.5. The molecule has 4 aliphatic carbocycles. The molecule has 0 amide bonds. The van der Waals surface area contributed by atoms with Crippen molar-refractivity contribution >= 4 is 5.97 Å². The van der Waals surface area contributed by atoms with Crippen LogP contribution in [0.15, 0.2) is 11.6 Å². The second-order valence-electron chi connectivity index (χ2n) is 12.9. The summed E-state index contributed by atoms with van der Waals surface area (Å²) in [5, 5.41) is 33.2. The van der Waals surface area contributed by atoms with Crippen LogP contribution >= 0.6 is 0 Å². The molecule has 0 heterocycles. The summed E-state index contributed by atoms with van der Waals surface area (Å²) in [4.78, 5) is 11.9. The largest absolute Gasteiger partial charge is 0.465 e. The van der Waals surface area contributed by atoms with E-state index in [0.717, 1.165) is 24.8 Å². The lowest BCUT2D eigenvalue weighted by Crippen LogP contribution is -2.61. The topological polar surface area (TPSA) is 87.0 Å². The number of hydrogen-bond acceptors (Lipinski definition) is 5. The molecule has 10 atom stereocenters. The molecule has 0 aromatic carbocycles. The normalized spacial score (nSPS) is 44.6. The lowest BCUT2D eigenvalue weighted by molar-refractivity contribution is -0.182. The average molecular weight is 477 g/mol. The van der Waals surface area contributed by atoms with Crippen molar-refractivity contribution in [1.82, 2.24) is 0 Å². The molecule has 0 aliphatic heterocycles. The van der Waals surface area contributed by atoms with E-state index < -0.39 is 23.7 Å². The van der Waals surface area contributed by atoms with Gasteiger partial charge in [-0.1, -0.05) is 58.6 Å². The number of hydrogen-bond donors (Lipinski definition) is 3. The molecule has 0 bridgehead atoms. The fraction of sp³-hybridized carbons (Fsp3) is 0.897. The molecule has 4 rings (SSSR count). The van der Waals surface area contributed by atoms with Gasteiger partial charge < -0.3 is 20.1 Å². The van der Waals surface area contributed by atoms with E-state index >= 15 is 0 Å². The Bertz CT molecular complexity index is 776. The van der Waals surface area contributed by atoms with Crippen molar-refractivity contribution in [3.8, 4) is 0 Å². The first-order chi connectivity index (χ1) is 16.0. The summed E-state index contributed by atoms with van der Waals surface area (Å²) in [5.74, 6) is 2.08. The number of carbonyl (C=O) groups excluding carboxylic acids is 1. The van der Waals surface area contributed by atoms with Crippen LogP contribution in [0.25, 0.3) is 0 Å². The molecule has 0 radical (unpaired) electrons. The first-order valence-corrected chi connectivity index (χ1v) is 13.9.